The monoisotopic (exact) mass is 332 g/mol. The lowest BCUT2D eigenvalue weighted by Gasteiger charge is -2.06. The van der Waals surface area contributed by atoms with Gasteiger partial charge in [0, 0.05) is 30.2 Å². The maximum absolute atomic E-state index is 11.8. The fraction of sp³-hybridized carbons (Fsp3) is 0.500. The molecule has 1 aliphatic carbocycles. The van der Waals surface area contributed by atoms with Gasteiger partial charge in [-0.2, -0.15) is 0 Å². The summed E-state index contributed by atoms with van der Waals surface area (Å²) in [6, 6.07) is 1.64. The number of amides is 1. The minimum atomic E-state index is -0.406. The van der Waals surface area contributed by atoms with E-state index in [1.807, 2.05) is 11.3 Å². The van der Waals surface area contributed by atoms with Gasteiger partial charge in [0.1, 0.15) is 6.54 Å². The van der Waals surface area contributed by atoms with Crippen molar-refractivity contribution in [2.45, 2.75) is 45.1 Å². The van der Waals surface area contributed by atoms with E-state index in [9.17, 15) is 9.59 Å². The van der Waals surface area contributed by atoms with E-state index < -0.39 is 5.69 Å². The average molecular weight is 332 g/mol. The minimum absolute atomic E-state index is 0.0121. The fourth-order valence-corrected chi connectivity index (χ4v) is 3.90. The number of nitrogens with one attached hydrogen (secondary N) is 1. The Kier molecular flexibility index (Phi) is 5.17. The Labute approximate surface area is 138 Å². The third-order valence-electron chi connectivity index (χ3n) is 3.88. The van der Waals surface area contributed by atoms with Gasteiger partial charge in [-0.05, 0) is 38.2 Å². The van der Waals surface area contributed by atoms with Gasteiger partial charge in [0.25, 0.3) is 0 Å². The van der Waals surface area contributed by atoms with Crippen LogP contribution in [0.5, 0.6) is 0 Å². The van der Waals surface area contributed by atoms with Gasteiger partial charge in [0.05, 0.1) is 10.7 Å². The van der Waals surface area contributed by atoms with Gasteiger partial charge < -0.3 is 5.32 Å². The summed E-state index contributed by atoms with van der Waals surface area (Å²) in [5.41, 5.74) is 0.882. The van der Waals surface area contributed by atoms with Gasteiger partial charge in [-0.15, -0.1) is 11.3 Å². The van der Waals surface area contributed by atoms with Gasteiger partial charge in [0.2, 0.25) is 5.91 Å². The molecule has 0 saturated carbocycles. The Hall–Kier alpha value is -2.02. The van der Waals surface area contributed by atoms with Crippen LogP contribution in [0.3, 0.4) is 0 Å². The molecule has 6 nitrogen and oxygen atoms in total. The molecule has 0 bridgehead atoms. The number of aromatic nitrogens is 3. The van der Waals surface area contributed by atoms with E-state index in [0.717, 1.165) is 19.3 Å². The van der Waals surface area contributed by atoms with Crippen LogP contribution in [0.1, 0.15) is 34.8 Å². The summed E-state index contributed by atoms with van der Waals surface area (Å²) in [7, 11) is 0. The predicted molar refractivity (Wildman–Crippen MR) is 88.6 cm³/mol. The summed E-state index contributed by atoms with van der Waals surface area (Å²) in [6.07, 6.45) is 9.55. The normalized spacial score (nSPS) is 13.6. The highest BCUT2D eigenvalue weighted by atomic mass is 32.1. The summed E-state index contributed by atoms with van der Waals surface area (Å²) < 4.78 is 1.30. The third-order valence-corrected chi connectivity index (χ3v) is 5.09. The van der Waals surface area contributed by atoms with Crippen molar-refractivity contribution in [3.05, 3.63) is 44.5 Å². The van der Waals surface area contributed by atoms with Gasteiger partial charge >= 0.3 is 5.69 Å². The Balaban J connectivity index is 1.41. The van der Waals surface area contributed by atoms with Crippen molar-refractivity contribution in [2.75, 3.05) is 6.54 Å². The largest absolute Gasteiger partial charge is 0.355 e. The quantitative estimate of drug-likeness (QED) is 0.810. The first-order valence-corrected chi connectivity index (χ1v) is 8.79. The van der Waals surface area contributed by atoms with E-state index in [1.165, 1.54) is 45.6 Å². The van der Waals surface area contributed by atoms with Crippen molar-refractivity contribution >= 4 is 17.2 Å². The average Bonchev–Trinajstić information content (AvgIpc) is 2.96. The summed E-state index contributed by atoms with van der Waals surface area (Å²) >= 11 is 1.82. The van der Waals surface area contributed by atoms with Crippen molar-refractivity contribution in [1.82, 2.24) is 19.9 Å². The predicted octanol–water partition coefficient (Wildman–Crippen LogP) is 1.33. The topological polar surface area (TPSA) is 76.9 Å². The second-order valence-electron chi connectivity index (χ2n) is 5.67. The lowest BCUT2D eigenvalue weighted by molar-refractivity contribution is -0.121. The van der Waals surface area contributed by atoms with Gasteiger partial charge in [-0.25, -0.2) is 14.8 Å². The fourth-order valence-electron chi connectivity index (χ4n) is 2.70. The first kappa shape index (κ1) is 15.9. The smallest absolute Gasteiger partial charge is 0.347 e. The molecular weight excluding hydrogens is 312 g/mol. The maximum atomic E-state index is 11.8. The highest BCUT2D eigenvalue weighted by molar-refractivity contribution is 7.11. The van der Waals surface area contributed by atoms with Crippen molar-refractivity contribution < 1.29 is 4.79 Å². The molecule has 0 aromatic carbocycles. The second kappa shape index (κ2) is 7.50. The summed E-state index contributed by atoms with van der Waals surface area (Å²) in [4.78, 5) is 33.0. The number of aryl methyl sites for hydroxylation is 3. The molecule has 1 amide bonds. The molecule has 1 N–H and O–H groups in total. The van der Waals surface area contributed by atoms with E-state index in [4.69, 9.17) is 4.98 Å². The zero-order valence-corrected chi connectivity index (χ0v) is 13.8. The van der Waals surface area contributed by atoms with Crippen LogP contribution in [0.4, 0.5) is 0 Å². The van der Waals surface area contributed by atoms with Crippen LogP contribution in [0.15, 0.2) is 23.3 Å². The van der Waals surface area contributed by atoms with E-state index in [2.05, 4.69) is 10.3 Å². The molecule has 0 saturated heterocycles. The molecule has 0 aliphatic heterocycles. The van der Waals surface area contributed by atoms with E-state index in [0.29, 0.717) is 6.54 Å². The number of carbonyl (C=O) groups is 1. The first-order valence-electron chi connectivity index (χ1n) is 7.98. The maximum Gasteiger partial charge on any atom is 0.347 e. The number of thiazole rings is 1. The van der Waals surface area contributed by atoms with Crippen LogP contribution in [0.25, 0.3) is 0 Å². The van der Waals surface area contributed by atoms with Crippen molar-refractivity contribution in [2.24, 2.45) is 0 Å². The molecule has 0 atom stereocenters. The third kappa shape index (κ3) is 4.25. The molecule has 1 aliphatic rings. The Bertz CT molecular complexity index is 714. The summed E-state index contributed by atoms with van der Waals surface area (Å²) in [6.45, 7) is 0.607. The minimum Gasteiger partial charge on any atom is -0.355 e. The Morgan fingerprint density at radius 1 is 1.35 bits per heavy atom. The zero-order valence-electron chi connectivity index (χ0n) is 13.0. The second-order valence-corrected chi connectivity index (χ2v) is 6.84. The zero-order chi connectivity index (χ0) is 16.1. The molecule has 2 heterocycles. The van der Waals surface area contributed by atoms with Crippen LogP contribution < -0.4 is 11.0 Å². The van der Waals surface area contributed by atoms with Crippen molar-refractivity contribution in [3.63, 3.8) is 0 Å². The Morgan fingerprint density at radius 3 is 3.04 bits per heavy atom. The lowest BCUT2D eigenvalue weighted by Crippen LogP contribution is -2.33. The van der Waals surface area contributed by atoms with Crippen LogP contribution in [0.2, 0.25) is 0 Å². The molecule has 23 heavy (non-hydrogen) atoms. The van der Waals surface area contributed by atoms with Gasteiger partial charge in [0.15, 0.2) is 0 Å². The van der Waals surface area contributed by atoms with Gasteiger partial charge in [-0.3, -0.25) is 9.36 Å². The van der Waals surface area contributed by atoms with Crippen LogP contribution in [0, 0.1) is 0 Å². The molecular formula is C16H20N4O2S. The SMILES string of the molecule is O=C(Cn1cccnc1=O)NCCCc1nc2c(s1)CCCC2. The Morgan fingerprint density at radius 2 is 2.22 bits per heavy atom. The van der Waals surface area contributed by atoms with Crippen molar-refractivity contribution in [3.8, 4) is 0 Å². The van der Waals surface area contributed by atoms with E-state index in [-0.39, 0.29) is 12.5 Å². The highest BCUT2D eigenvalue weighted by Crippen LogP contribution is 2.27. The molecule has 2 aromatic heterocycles. The van der Waals surface area contributed by atoms with Gasteiger partial charge in [-0.1, -0.05) is 0 Å². The van der Waals surface area contributed by atoms with Crippen LogP contribution in [-0.4, -0.2) is 27.0 Å². The number of hydrogen-bond donors (Lipinski definition) is 1. The van der Waals surface area contributed by atoms with Crippen LogP contribution in [-0.2, 0) is 30.6 Å². The van der Waals surface area contributed by atoms with Crippen LogP contribution >= 0.6 is 11.3 Å². The number of nitrogens with zero attached hydrogens (tertiary/aromatic N) is 3. The first-order chi connectivity index (χ1) is 11.2. The molecule has 3 rings (SSSR count). The number of hydrogen-bond acceptors (Lipinski definition) is 5. The molecule has 2 aromatic rings. The summed E-state index contributed by atoms with van der Waals surface area (Å²) in [5, 5.41) is 4.02. The number of fused-ring (bicyclic) bond motifs is 1. The standard InChI is InChI=1S/C16H20N4O2S/c21-14(11-20-10-4-9-18-16(20)22)17-8-3-7-15-19-12-5-1-2-6-13(12)23-15/h4,9-10H,1-3,5-8,11H2,(H,17,21). The molecule has 7 heteroatoms. The molecule has 0 spiro atoms. The molecule has 122 valence electrons. The molecule has 0 radical (unpaired) electrons. The summed E-state index contributed by atoms with van der Waals surface area (Å²) in [5.74, 6) is -0.168. The lowest BCUT2D eigenvalue weighted by atomic mass is 10.0. The van der Waals surface area contributed by atoms with E-state index in [1.54, 1.807) is 12.3 Å². The molecule has 0 unspecified atom stereocenters. The van der Waals surface area contributed by atoms with E-state index >= 15 is 0 Å². The number of rotatable bonds is 6. The highest BCUT2D eigenvalue weighted by Gasteiger charge is 2.14. The van der Waals surface area contributed by atoms with Crippen molar-refractivity contribution in [1.29, 1.82) is 0 Å². The number of carbonyl (C=O) groups excluding carboxylic acids is 1. The molecule has 0 fully saturated rings.